The summed E-state index contributed by atoms with van der Waals surface area (Å²) >= 11 is 0. The number of aliphatic hydroxyl groups is 2. The normalized spacial score (nSPS) is 35.8. The lowest BCUT2D eigenvalue weighted by Gasteiger charge is -2.47. The number of amides is 1. The maximum Gasteiger partial charge on any atom is 0.223 e. The lowest BCUT2D eigenvalue weighted by atomic mass is 9.58. The minimum absolute atomic E-state index is 0.00382. The smallest absolute Gasteiger partial charge is 0.223 e. The molecule has 0 bridgehead atoms. The molecule has 1 saturated carbocycles. The second kappa shape index (κ2) is 12.3. The van der Waals surface area contributed by atoms with E-state index in [2.05, 4.69) is 23.1 Å². The van der Waals surface area contributed by atoms with Crippen LogP contribution in [0.5, 0.6) is 0 Å². The second-order valence-corrected chi connectivity index (χ2v) is 12.2. The van der Waals surface area contributed by atoms with Gasteiger partial charge in [0.1, 0.15) is 5.78 Å². The van der Waals surface area contributed by atoms with Gasteiger partial charge >= 0.3 is 0 Å². The molecule has 1 aromatic rings. The Kier molecular flexibility index (Phi) is 9.31. The molecule has 39 heavy (non-hydrogen) atoms. The fraction of sp³-hybridized carbons (Fsp3) is 0.656. The molecule has 2 aliphatic heterocycles. The van der Waals surface area contributed by atoms with Gasteiger partial charge in [0.2, 0.25) is 5.91 Å². The average Bonchev–Trinajstić information content (AvgIpc) is 3.51. The zero-order valence-electron chi connectivity index (χ0n) is 23.6. The van der Waals surface area contributed by atoms with Crippen molar-refractivity contribution in [1.82, 2.24) is 10.3 Å². The molecule has 4 rings (SSSR count). The van der Waals surface area contributed by atoms with E-state index in [0.717, 1.165) is 37.0 Å². The molecule has 3 N–H and O–H groups in total. The maximum absolute atomic E-state index is 14.0. The number of pyridine rings is 1. The fourth-order valence-electron chi connectivity index (χ4n) is 6.51. The summed E-state index contributed by atoms with van der Waals surface area (Å²) < 4.78 is 6.15. The number of aromatic nitrogens is 1. The second-order valence-electron chi connectivity index (χ2n) is 12.2. The van der Waals surface area contributed by atoms with Crippen molar-refractivity contribution in [3.63, 3.8) is 0 Å². The molecule has 7 nitrogen and oxygen atoms in total. The van der Waals surface area contributed by atoms with Crippen LogP contribution in [-0.4, -0.2) is 56.8 Å². The van der Waals surface area contributed by atoms with Crippen LogP contribution in [0, 0.1) is 29.6 Å². The Morgan fingerprint density at radius 3 is 2.67 bits per heavy atom. The number of fused-ring (bicyclic) bond motifs is 1. The van der Waals surface area contributed by atoms with Crippen molar-refractivity contribution in [2.24, 2.45) is 17.3 Å². The van der Waals surface area contributed by atoms with Gasteiger partial charge in [0.05, 0.1) is 47.5 Å². The Balaban J connectivity index is 1.61. The van der Waals surface area contributed by atoms with E-state index in [4.69, 9.17) is 11.2 Å². The van der Waals surface area contributed by atoms with Gasteiger partial charge in [-0.1, -0.05) is 25.8 Å². The number of nitrogens with one attached hydrogen (secondary N) is 1. The minimum Gasteiger partial charge on any atom is -0.392 e. The third-order valence-electron chi connectivity index (χ3n) is 9.45. The van der Waals surface area contributed by atoms with Crippen molar-refractivity contribution in [3.05, 3.63) is 35.7 Å². The molecule has 7 unspecified atom stereocenters. The van der Waals surface area contributed by atoms with E-state index in [0.29, 0.717) is 32.1 Å². The standard InChI is InChI=1S/C32H44N2O5/c1-5-6-13-24-29(37)21(2)11-9-14-31(4)27(39-31)19-25(22(3)18-23-12-7-8-17-33-23)34-28(36)20-26(35)32(30(24)38)15-10-16-32/h1,7-8,12,17-18,21,24-27,29,35,37H,6,9-11,13-16,19-20H2,2-4H3,(H,34,36)/b22-18+. The number of rotatable bonds is 4. The van der Waals surface area contributed by atoms with Gasteiger partial charge in [-0.25, -0.2) is 0 Å². The predicted octanol–water partition coefficient (Wildman–Crippen LogP) is 4.22. The third kappa shape index (κ3) is 6.62. The molecule has 3 heterocycles. The Bertz CT molecular complexity index is 1090. The van der Waals surface area contributed by atoms with Crippen LogP contribution in [-0.2, 0) is 14.3 Å². The Morgan fingerprint density at radius 2 is 2.03 bits per heavy atom. The highest BCUT2D eigenvalue weighted by molar-refractivity contribution is 5.90. The number of hydrogen-bond acceptors (Lipinski definition) is 6. The van der Waals surface area contributed by atoms with Gasteiger partial charge in [-0.3, -0.25) is 14.6 Å². The highest BCUT2D eigenvalue weighted by Gasteiger charge is 2.54. The van der Waals surface area contributed by atoms with Crippen LogP contribution in [0.1, 0.15) is 90.7 Å². The Hall–Kier alpha value is -2.53. The number of Topliss-reactive ketones (excluding diaryl/α,β-unsaturated/α-hetero) is 1. The number of terminal acetylenes is 1. The van der Waals surface area contributed by atoms with Gasteiger partial charge < -0.3 is 20.3 Å². The molecule has 2 saturated heterocycles. The maximum atomic E-state index is 14.0. The highest BCUT2D eigenvalue weighted by Crippen LogP contribution is 2.49. The molecule has 1 aliphatic carbocycles. The van der Waals surface area contributed by atoms with Crippen LogP contribution in [0.2, 0.25) is 0 Å². The van der Waals surface area contributed by atoms with E-state index < -0.39 is 23.5 Å². The van der Waals surface area contributed by atoms with Crippen LogP contribution in [0.25, 0.3) is 6.08 Å². The van der Waals surface area contributed by atoms with Crippen molar-refractivity contribution < 1.29 is 24.5 Å². The van der Waals surface area contributed by atoms with Gasteiger partial charge in [-0.2, -0.15) is 0 Å². The molecule has 0 aromatic carbocycles. The van der Waals surface area contributed by atoms with E-state index in [9.17, 15) is 19.8 Å². The number of carbonyl (C=O) groups is 2. The van der Waals surface area contributed by atoms with Crippen LogP contribution in [0.3, 0.4) is 0 Å². The summed E-state index contributed by atoms with van der Waals surface area (Å²) in [6.45, 7) is 6.06. The molecule has 0 radical (unpaired) electrons. The molecule has 3 aliphatic rings. The predicted molar refractivity (Wildman–Crippen MR) is 150 cm³/mol. The first-order valence-corrected chi connectivity index (χ1v) is 14.5. The zero-order chi connectivity index (χ0) is 28.2. The summed E-state index contributed by atoms with van der Waals surface area (Å²) in [5, 5.41) is 25.8. The van der Waals surface area contributed by atoms with Crippen LogP contribution in [0.15, 0.2) is 30.0 Å². The molecule has 1 amide bonds. The van der Waals surface area contributed by atoms with Crippen molar-refractivity contribution in [1.29, 1.82) is 0 Å². The average molecular weight is 537 g/mol. The van der Waals surface area contributed by atoms with Crippen molar-refractivity contribution in [3.8, 4) is 12.3 Å². The Labute approximate surface area is 232 Å². The summed E-state index contributed by atoms with van der Waals surface area (Å²) in [7, 11) is 0. The summed E-state index contributed by atoms with van der Waals surface area (Å²) in [6.07, 6.45) is 12.8. The highest BCUT2D eigenvalue weighted by atomic mass is 16.6. The molecule has 3 fully saturated rings. The fourth-order valence-corrected chi connectivity index (χ4v) is 6.51. The lowest BCUT2D eigenvalue weighted by molar-refractivity contribution is -0.155. The summed E-state index contributed by atoms with van der Waals surface area (Å²) in [4.78, 5) is 31.7. The molecule has 1 aromatic heterocycles. The third-order valence-corrected chi connectivity index (χ3v) is 9.45. The van der Waals surface area contributed by atoms with Gasteiger partial charge in [-0.05, 0) is 75.7 Å². The number of ketones is 1. The van der Waals surface area contributed by atoms with E-state index >= 15 is 0 Å². The van der Waals surface area contributed by atoms with Gasteiger partial charge in [0, 0.05) is 25.0 Å². The number of carbonyl (C=O) groups excluding carboxylic acids is 2. The molecule has 7 atom stereocenters. The van der Waals surface area contributed by atoms with Crippen LogP contribution < -0.4 is 5.32 Å². The first-order chi connectivity index (χ1) is 18.6. The van der Waals surface area contributed by atoms with E-state index in [1.54, 1.807) is 6.20 Å². The molecule has 7 heteroatoms. The first kappa shape index (κ1) is 29.5. The number of hydrogen-bond donors (Lipinski definition) is 3. The number of aliphatic hydroxyl groups excluding tert-OH is 2. The first-order valence-electron chi connectivity index (χ1n) is 14.5. The number of epoxide rings is 1. The van der Waals surface area contributed by atoms with Gasteiger partial charge in [-0.15, -0.1) is 12.3 Å². The van der Waals surface area contributed by atoms with Crippen molar-refractivity contribution >= 4 is 17.8 Å². The topological polar surface area (TPSA) is 112 Å². The quantitative estimate of drug-likeness (QED) is 0.393. The number of ether oxygens (including phenoxy) is 1. The van der Waals surface area contributed by atoms with Gasteiger partial charge in [0.15, 0.2) is 0 Å². The van der Waals surface area contributed by atoms with E-state index in [1.807, 2.05) is 38.1 Å². The van der Waals surface area contributed by atoms with Gasteiger partial charge in [0.25, 0.3) is 0 Å². The SMILES string of the molecule is C#CCCC1C(=O)C2(CCC2)C(O)CC(=O)NC(/C(C)=C/c2ccccn2)CC2OC2(C)CCCC(C)C1O. The number of nitrogens with zero attached hydrogens (tertiary/aromatic N) is 1. The Morgan fingerprint density at radius 1 is 1.26 bits per heavy atom. The van der Waals surface area contributed by atoms with Crippen molar-refractivity contribution in [2.75, 3.05) is 0 Å². The van der Waals surface area contributed by atoms with E-state index in [1.165, 1.54) is 0 Å². The monoisotopic (exact) mass is 536 g/mol. The zero-order valence-corrected chi connectivity index (χ0v) is 23.6. The van der Waals surface area contributed by atoms with Crippen LogP contribution in [0.4, 0.5) is 0 Å². The van der Waals surface area contributed by atoms with E-state index in [-0.39, 0.29) is 41.8 Å². The largest absolute Gasteiger partial charge is 0.392 e. The van der Waals surface area contributed by atoms with Crippen LogP contribution >= 0.6 is 0 Å². The summed E-state index contributed by atoms with van der Waals surface area (Å²) in [5.41, 5.74) is 0.460. The molecule has 1 spiro atoms. The lowest BCUT2D eigenvalue weighted by Crippen LogP contribution is -2.54. The minimum atomic E-state index is -1.12. The van der Waals surface area contributed by atoms with Crippen molar-refractivity contribution in [2.45, 2.75) is 115 Å². The summed E-state index contributed by atoms with van der Waals surface area (Å²) in [5.74, 6) is 1.41. The molecular weight excluding hydrogens is 492 g/mol. The summed E-state index contributed by atoms with van der Waals surface area (Å²) in [6, 6.07) is 5.41. The molecule has 212 valence electrons. The molecular formula is C32H44N2O5.